The van der Waals surface area contributed by atoms with Gasteiger partial charge in [0.25, 0.3) is 5.88 Å². The summed E-state index contributed by atoms with van der Waals surface area (Å²) in [7, 11) is 1.97. The average Bonchev–Trinajstić information content (AvgIpc) is 2.96. The second-order valence-electron chi connectivity index (χ2n) is 5.70. The SMILES string of the molecule is Cc1nonc1OCCNC(=O)C1Cc2ccccc2CN1C. The summed E-state index contributed by atoms with van der Waals surface area (Å²) in [6.45, 7) is 3.28. The van der Waals surface area contributed by atoms with Crippen molar-refractivity contribution in [1.29, 1.82) is 0 Å². The number of hydrogen-bond acceptors (Lipinski definition) is 6. The van der Waals surface area contributed by atoms with Crippen molar-refractivity contribution in [1.82, 2.24) is 20.5 Å². The number of aromatic nitrogens is 2. The molecule has 0 spiro atoms. The first-order chi connectivity index (χ1) is 11.1. The van der Waals surface area contributed by atoms with E-state index in [2.05, 4.69) is 37.3 Å². The molecule has 0 bridgehead atoms. The number of aryl methyl sites for hydroxylation is 1. The van der Waals surface area contributed by atoms with Gasteiger partial charge in [-0.15, -0.1) is 0 Å². The number of nitrogens with one attached hydrogen (secondary N) is 1. The van der Waals surface area contributed by atoms with E-state index in [0.29, 0.717) is 24.7 Å². The molecular weight excluding hydrogens is 296 g/mol. The van der Waals surface area contributed by atoms with Crippen LogP contribution in [0.3, 0.4) is 0 Å². The largest absolute Gasteiger partial charge is 0.472 e. The molecule has 1 N–H and O–H groups in total. The fraction of sp³-hybridized carbons (Fsp3) is 0.438. The van der Waals surface area contributed by atoms with Gasteiger partial charge in [0.2, 0.25) is 5.91 Å². The Bertz CT molecular complexity index is 685. The summed E-state index contributed by atoms with van der Waals surface area (Å²) < 4.78 is 9.95. The third kappa shape index (κ3) is 3.50. The number of nitrogens with zero attached hydrogens (tertiary/aromatic N) is 3. The van der Waals surface area contributed by atoms with Crippen molar-refractivity contribution in [2.75, 3.05) is 20.2 Å². The van der Waals surface area contributed by atoms with E-state index in [1.54, 1.807) is 6.92 Å². The van der Waals surface area contributed by atoms with Crippen LogP contribution in [0.2, 0.25) is 0 Å². The maximum Gasteiger partial charge on any atom is 0.278 e. The van der Waals surface area contributed by atoms with Crippen LogP contribution in [-0.2, 0) is 17.8 Å². The fourth-order valence-corrected chi connectivity index (χ4v) is 2.74. The number of carbonyl (C=O) groups is 1. The Morgan fingerprint density at radius 3 is 2.91 bits per heavy atom. The van der Waals surface area contributed by atoms with Crippen LogP contribution < -0.4 is 10.1 Å². The molecule has 1 unspecified atom stereocenters. The van der Waals surface area contributed by atoms with E-state index >= 15 is 0 Å². The molecule has 3 rings (SSSR count). The minimum atomic E-state index is -0.152. The highest BCUT2D eigenvalue weighted by molar-refractivity contribution is 5.82. The van der Waals surface area contributed by atoms with Crippen molar-refractivity contribution < 1.29 is 14.2 Å². The topological polar surface area (TPSA) is 80.5 Å². The number of amides is 1. The highest BCUT2D eigenvalue weighted by Gasteiger charge is 2.28. The van der Waals surface area contributed by atoms with Gasteiger partial charge in [-0.3, -0.25) is 9.69 Å². The zero-order chi connectivity index (χ0) is 16.2. The van der Waals surface area contributed by atoms with Gasteiger partial charge in [-0.2, -0.15) is 0 Å². The minimum Gasteiger partial charge on any atom is -0.472 e. The van der Waals surface area contributed by atoms with Gasteiger partial charge in [-0.25, -0.2) is 4.63 Å². The highest BCUT2D eigenvalue weighted by Crippen LogP contribution is 2.21. The molecule has 7 nitrogen and oxygen atoms in total. The molecule has 1 aliphatic rings. The summed E-state index contributed by atoms with van der Waals surface area (Å²) in [5.41, 5.74) is 3.13. The van der Waals surface area contributed by atoms with Gasteiger partial charge in [0.15, 0.2) is 0 Å². The summed E-state index contributed by atoms with van der Waals surface area (Å²) in [6, 6.07) is 8.10. The first kappa shape index (κ1) is 15.5. The molecule has 2 aromatic rings. The molecular formula is C16H20N4O3. The average molecular weight is 316 g/mol. The van der Waals surface area contributed by atoms with Crippen LogP contribution in [0, 0.1) is 6.92 Å². The van der Waals surface area contributed by atoms with E-state index in [1.165, 1.54) is 11.1 Å². The summed E-state index contributed by atoms with van der Waals surface area (Å²) in [5.74, 6) is 0.378. The molecule has 1 amide bonds. The number of hydrogen-bond donors (Lipinski definition) is 1. The predicted octanol–water partition coefficient (Wildman–Crippen LogP) is 0.930. The van der Waals surface area contributed by atoms with E-state index in [9.17, 15) is 4.79 Å². The van der Waals surface area contributed by atoms with Gasteiger partial charge in [0.1, 0.15) is 12.3 Å². The smallest absolute Gasteiger partial charge is 0.278 e. The molecule has 0 saturated heterocycles. The lowest BCUT2D eigenvalue weighted by Gasteiger charge is -2.33. The van der Waals surface area contributed by atoms with Gasteiger partial charge in [0, 0.05) is 6.54 Å². The third-order valence-corrected chi connectivity index (χ3v) is 4.04. The molecule has 0 radical (unpaired) electrons. The van der Waals surface area contributed by atoms with E-state index in [4.69, 9.17) is 4.74 Å². The van der Waals surface area contributed by atoms with Crippen molar-refractivity contribution in [3.05, 3.63) is 41.1 Å². The van der Waals surface area contributed by atoms with Crippen LogP contribution in [0.25, 0.3) is 0 Å². The number of likely N-dealkylation sites (N-methyl/N-ethyl adjacent to an activating group) is 1. The van der Waals surface area contributed by atoms with Crippen molar-refractivity contribution in [2.24, 2.45) is 0 Å². The van der Waals surface area contributed by atoms with E-state index < -0.39 is 0 Å². The van der Waals surface area contributed by atoms with Gasteiger partial charge < -0.3 is 10.1 Å². The lowest BCUT2D eigenvalue weighted by molar-refractivity contribution is -0.126. The third-order valence-electron chi connectivity index (χ3n) is 4.04. The Labute approximate surface area is 134 Å². The number of ether oxygens (including phenoxy) is 1. The Morgan fingerprint density at radius 1 is 1.39 bits per heavy atom. The standard InChI is InChI=1S/C16H20N4O3/c1-11-16(19-23-18-11)22-8-7-17-15(21)14-9-12-5-3-4-6-13(12)10-20(14)2/h3-6,14H,7-10H2,1-2H3,(H,17,21). The molecule has 2 heterocycles. The predicted molar refractivity (Wildman–Crippen MR) is 82.9 cm³/mol. The first-order valence-electron chi connectivity index (χ1n) is 7.62. The van der Waals surface area contributed by atoms with Gasteiger partial charge in [0.05, 0.1) is 12.6 Å². The quantitative estimate of drug-likeness (QED) is 0.827. The second kappa shape index (κ2) is 6.78. The maximum atomic E-state index is 12.4. The Hall–Kier alpha value is -2.41. The van der Waals surface area contributed by atoms with Gasteiger partial charge in [-0.05, 0) is 36.7 Å². The van der Waals surface area contributed by atoms with E-state index in [-0.39, 0.29) is 11.9 Å². The van der Waals surface area contributed by atoms with Gasteiger partial charge in [-0.1, -0.05) is 29.4 Å². The number of rotatable bonds is 5. The normalized spacial score (nSPS) is 17.6. The number of carbonyl (C=O) groups excluding carboxylic acids is 1. The van der Waals surface area contributed by atoms with Crippen molar-refractivity contribution in [2.45, 2.75) is 25.9 Å². The van der Waals surface area contributed by atoms with Gasteiger partial charge >= 0.3 is 0 Å². The molecule has 1 aromatic carbocycles. The van der Waals surface area contributed by atoms with Crippen LogP contribution in [0.5, 0.6) is 5.88 Å². The molecule has 122 valence electrons. The second-order valence-corrected chi connectivity index (χ2v) is 5.70. The summed E-state index contributed by atoms with van der Waals surface area (Å²) in [6.07, 6.45) is 0.728. The molecule has 0 saturated carbocycles. The minimum absolute atomic E-state index is 0.0144. The number of fused-ring (bicyclic) bond motifs is 1. The van der Waals surface area contributed by atoms with Crippen LogP contribution >= 0.6 is 0 Å². The molecule has 7 heteroatoms. The zero-order valence-electron chi connectivity index (χ0n) is 13.3. The molecule has 1 aliphatic heterocycles. The molecule has 0 aliphatic carbocycles. The Kier molecular flexibility index (Phi) is 4.57. The van der Waals surface area contributed by atoms with Crippen LogP contribution in [0.1, 0.15) is 16.8 Å². The van der Waals surface area contributed by atoms with Crippen LogP contribution in [0.15, 0.2) is 28.9 Å². The highest BCUT2D eigenvalue weighted by atomic mass is 16.6. The molecule has 1 atom stereocenters. The lowest BCUT2D eigenvalue weighted by Crippen LogP contribution is -2.49. The zero-order valence-corrected chi connectivity index (χ0v) is 13.3. The monoisotopic (exact) mass is 316 g/mol. The van der Waals surface area contributed by atoms with E-state index in [0.717, 1.165) is 13.0 Å². The van der Waals surface area contributed by atoms with Crippen molar-refractivity contribution in [3.63, 3.8) is 0 Å². The van der Waals surface area contributed by atoms with Crippen molar-refractivity contribution in [3.8, 4) is 5.88 Å². The summed E-state index contributed by atoms with van der Waals surface area (Å²) in [5, 5.41) is 10.2. The fourth-order valence-electron chi connectivity index (χ4n) is 2.74. The van der Waals surface area contributed by atoms with Crippen LogP contribution in [0.4, 0.5) is 0 Å². The number of benzene rings is 1. The maximum absolute atomic E-state index is 12.4. The first-order valence-corrected chi connectivity index (χ1v) is 7.62. The molecule has 0 fully saturated rings. The van der Waals surface area contributed by atoms with Crippen LogP contribution in [-0.4, -0.2) is 47.4 Å². The molecule has 1 aromatic heterocycles. The van der Waals surface area contributed by atoms with Crippen molar-refractivity contribution >= 4 is 5.91 Å². The Balaban J connectivity index is 1.50. The van der Waals surface area contributed by atoms with E-state index in [1.807, 2.05) is 19.2 Å². The Morgan fingerprint density at radius 2 is 2.17 bits per heavy atom. The molecule has 23 heavy (non-hydrogen) atoms. The lowest BCUT2D eigenvalue weighted by atomic mass is 9.94. The summed E-state index contributed by atoms with van der Waals surface area (Å²) >= 11 is 0. The summed E-state index contributed by atoms with van der Waals surface area (Å²) in [4.78, 5) is 14.5.